The fourth-order valence-electron chi connectivity index (χ4n) is 5.15. The van der Waals surface area contributed by atoms with Crippen LogP contribution in [-0.2, 0) is 22.6 Å². The van der Waals surface area contributed by atoms with Crippen LogP contribution in [0.3, 0.4) is 0 Å². The lowest BCUT2D eigenvalue weighted by Crippen LogP contribution is -2.31. The summed E-state index contributed by atoms with van der Waals surface area (Å²) in [6.07, 6.45) is 6.60. The average Bonchev–Trinajstić information content (AvgIpc) is 3.62. The molecule has 0 saturated carbocycles. The molecular weight excluding hydrogens is 486 g/mol. The molecular formula is C29H31N3O6. The Morgan fingerprint density at radius 2 is 2.00 bits per heavy atom. The predicted octanol–water partition coefficient (Wildman–Crippen LogP) is 4.13. The first-order valence-corrected chi connectivity index (χ1v) is 12.8. The fourth-order valence-corrected chi connectivity index (χ4v) is 5.15. The number of methoxy groups -OCH3 is 1. The normalized spacial score (nSPS) is 19.9. The molecule has 2 aliphatic rings. The van der Waals surface area contributed by atoms with E-state index < -0.39 is 17.7 Å². The van der Waals surface area contributed by atoms with Gasteiger partial charge in [0.05, 0.1) is 31.7 Å². The van der Waals surface area contributed by atoms with E-state index in [1.165, 1.54) is 12.0 Å². The third-order valence-corrected chi connectivity index (χ3v) is 6.89. The summed E-state index contributed by atoms with van der Waals surface area (Å²) in [7, 11) is 1.54. The first kappa shape index (κ1) is 25.4. The second kappa shape index (κ2) is 10.6. The summed E-state index contributed by atoms with van der Waals surface area (Å²) < 4.78 is 18.9. The van der Waals surface area contributed by atoms with Crippen molar-refractivity contribution in [3.05, 3.63) is 77.4 Å². The number of ether oxygens (including phenoxy) is 3. The number of hydrogen-bond donors (Lipinski definition) is 1. The molecule has 3 aromatic rings. The van der Waals surface area contributed by atoms with Crippen molar-refractivity contribution < 1.29 is 28.9 Å². The topological polar surface area (TPSA) is 103 Å². The van der Waals surface area contributed by atoms with Crippen LogP contribution in [0.15, 0.2) is 60.7 Å². The standard InChI is InChI=1S/C29H31N3O6/c1-4-37-23-9-6-19(16-24(23)36-3)26-25(27(33)20-7-8-22-21(15-20)14-18(2)38-22)28(34)29(35)32(26)12-5-11-31-13-10-30-17-31/h6-10,13,15-18,26,33H,4-5,11-12,14H2,1-3H3/t18-,26-/m0/s1. The van der Waals surface area contributed by atoms with E-state index in [-0.39, 0.29) is 17.4 Å². The van der Waals surface area contributed by atoms with E-state index >= 15 is 0 Å². The van der Waals surface area contributed by atoms with E-state index in [0.717, 1.165) is 11.3 Å². The number of Topliss-reactive ketones (excluding diaryl/α,β-unsaturated/α-hetero) is 1. The van der Waals surface area contributed by atoms with Crippen LogP contribution < -0.4 is 14.2 Å². The van der Waals surface area contributed by atoms with Crippen molar-refractivity contribution in [3.63, 3.8) is 0 Å². The van der Waals surface area contributed by atoms with Gasteiger partial charge < -0.3 is 28.8 Å². The Balaban J connectivity index is 1.56. The second-order valence-corrected chi connectivity index (χ2v) is 9.44. The minimum atomic E-state index is -0.786. The van der Waals surface area contributed by atoms with Gasteiger partial charge in [0.2, 0.25) is 0 Å². The quantitative estimate of drug-likeness (QED) is 0.259. The van der Waals surface area contributed by atoms with Gasteiger partial charge in [0.25, 0.3) is 11.7 Å². The SMILES string of the molecule is CCOc1ccc([C@H]2C(=C(O)c3ccc4c(c3)C[C@H](C)O4)C(=O)C(=O)N2CCCn2ccnc2)cc1OC. The van der Waals surface area contributed by atoms with Gasteiger partial charge in [0.15, 0.2) is 11.5 Å². The van der Waals surface area contributed by atoms with E-state index in [4.69, 9.17) is 14.2 Å². The molecule has 5 rings (SSSR count). The third-order valence-electron chi connectivity index (χ3n) is 6.89. The van der Waals surface area contributed by atoms with E-state index in [9.17, 15) is 14.7 Å². The van der Waals surface area contributed by atoms with E-state index in [2.05, 4.69) is 4.98 Å². The largest absolute Gasteiger partial charge is 0.507 e. The number of ketones is 1. The number of nitrogens with zero attached hydrogens (tertiary/aromatic N) is 3. The number of aromatic nitrogens is 2. The van der Waals surface area contributed by atoms with Crippen LogP contribution in [0.1, 0.15) is 43.0 Å². The molecule has 1 aromatic heterocycles. The molecule has 198 valence electrons. The molecule has 0 unspecified atom stereocenters. The first-order chi connectivity index (χ1) is 18.4. The molecule has 1 saturated heterocycles. The van der Waals surface area contributed by atoms with Gasteiger partial charge in [-0.2, -0.15) is 0 Å². The molecule has 2 aliphatic heterocycles. The van der Waals surface area contributed by atoms with Crippen molar-refractivity contribution in [2.45, 2.75) is 45.4 Å². The lowest BCUT2D eigenvalue weighted by Gasteiger charge is -2.26. The maximum atomic E-state index is 13.4. The Kier molecular flexibility index (Phi) is 7.09. The van der Waals surface area contributed by atoms with Gasteiger partial charge in [-0.25, -0.2) is 4.98 Å². The summed E-state index contributed by atoms with van der Waals surface area (Å²) >= 11 is 0. The number of hydrogen-bond acceptors (Lipinski definition) is 7. The van der Waals surface area contributed by atoms with Crippen LogP contribution >= 0.6 is 0 Å². The highest BCUT2D eigenvalue weighted by Gasteiger charge is 2.46. The lowest BCUT2D eigenvalue weighted by molar-refractivity contribution is -0.139. The molecule has 0 aliphatic carbocycles. The summed E-state index contributed by atoms with van der Waals surface area (Å²) in [6.45, 7) is 5.27. The van der Waals surface area contributed by atoms with Gasteiger partial charge in [0.1, 0.15) is 17.6 Å². The van der Waals surface area contributed by atoms with Crippen molar-refractivity contribution >= 4 is 17.4 Å². The van der Waals surface area contributed by atoms with E-state index in [1.807, 2.05) is 30.7 Å². The number of fused-ring (bicyclic) bond motifs is 1. The van der Waals surface area contributed by atoms with Crippen LogP contribution in [0.4, 0.5) is 0 Å². The van der Waals surface area contributed by atoms with Crippen LogP contribution in [0.5, 0.6) is 17.2 Å². The number of aryl methyl sites for hydroxylation is 1. The van der Waals surface area contributed by atoms with Crippen molar-refractivity contribution in [3.8, 4) is 17.2 Å². The molecule has 0 radical (unpaired) electrons. The van der Waals surface area contributed by atoms with E-state index in [0.29, 0.717) is 55.2 Å². The third kappa shape index (κ3) is 4.71. The van der Waals surface area contributed by atoms with Gasteiger partial charge in [-0.3, -0.25) is 9.59 Å². The predicted molar refractivity (Wildman–Crippen MR) is 140 cm³/mol. The fraction of sp³-hybridized carbons (Fsp3) is 0.345. The van der Waals surface area contributed by atoms with Crippen molar-refractivity contribution in [2.75, 3.05) is 20.3 Å². The number of carbonyl (C=O) groups excluding carboxylic acids is 2. The number of aliphatic hydroxyl groups excluding tert-OH is 1. The molecule has 9 heteroatoms. The molecule has 2 aromatic carbocycles. The van der Waals surface area contributed by atoms with Gasteiger partial charge in [-0.05, 0) is 61.7 Å². The van der Waals surface area contributed by atoms with Crippen molar-refractivity contribution in [1.82, 2.24) is 14.5 Å². The zero-order valence-electron chi connectivity index (χ0n) is 21.7. The van der Waals surface area contributed by atoms with Gasteiger partial charge in [0, 0.05) is 37.5 Å². The van der Waals surface area contributed by atoms with Crippen molar-refractivity contribution in [1.29, 1.82) is 0 Å². The summed E-state index contributed by atoms with van der Waals surface area (Å²) in [5.41, 5.74) is 2.12. The number of imidazole rings is 1. The number of amides is 1. The van der Waals surface area contributed by atoms with Gasteiger partial charge in [-0.15, -0.1) is 0 Å². The number of aliphatic hydroxyl groups is 1. The molecule has 2 atom stereocenters. The maximum Gasteiger partial charge on any atom is 0.295 e. The minimum absolute atomic E-state index is 0.0415. The van der Waals surface area contributed by atoms with Crippen LogP contribution in [-0.4, -0.2) is 57.6 Å². The Labute approximate surface area is 221 Å². The molecule has 1 N–H and O–H groups in total. The first-order valence-electron chi connectivity index (χ1n) is 12.8. The van der Waals surface area contributed by atoms with E-state index in [1.54, 1.807) is 42.9 Å². The highest BCUT2D eigenvalue weighted by molar-refractivity contribution is 6.46. The summed E-state index contributed by atoms with van der Waals surface area (Å²) in [5, 5.41) is 11.5. The van der Waals surface area contributed by atoms with Crippen LogP contribution in [0.25, 0.3) is 5.76 Å². The molecule has 9 nitrogen and oxygen atoms in total. The van der Waals surface area contributed by atoms with Crippen LogP contribution in [0, 0.1) is 0 Å². The zero-order chi connectivity index (χ0) is 26.8. The monoisotopic (exact) mass is 517 g/mol. The Hall–Kier alpha value is -4.27. The zero-order valence-corrected chi connectivity index (χ0v) is 21.7. The Morgan fingerprint density at radius 3 is 2.74 bits per heavy atom. The van der Waals surface area contributed by atoms with Crippen LogP contribution in [0.2, 0.25) is 0 Å². The average molecular weight is 518 g/mol. The highest BCUT2D eigenvalue weighted by Crippen LogP contribution is 2.42. The Morgan fingerprint density at radius 1 is 1.16 bits per heavy atom. The molecule has 38 heavy (non-hydrogen) atoms. The Bertz CT molecular complexity index is 1380. The number of likely N-dealkylation sites (tertiary alicyclic amines) is 1. The molecule has 3 heterocycles. The minimum Gasteiger partial charge on any atom is -0.507 e. The summed E-state index contributed by atoms with van der Waals surface area (Å²) in [5.74, 6) is 0.240. The molecule has 0 spiro atoms. The molecule has 1 amide bonds. The summed E-state index contributed by atoms with van der Waals surface area (Å²) in [6, 6.07) is 9.88. The number of carbonyl (C=O) groups is 2. The van der Waals surface area contributed by atoms with Gasteiger partial charge >= 0.3 is 0 Å². The highest BCUT2D eigenvalue weighted by atomic mass is 16.5. The molecule has 1 fully saturated rings. The van der Waals surface area contributed by atoms with Crippen molar-refractivity contribution in [2.24, 2.45) is 0 Å². The van der Waals surface area contributed by atoms with Gasteiger partial charge in [-0.1, -0.05) is 6.07 Å². The second-order valence-electron chi connectivity index (χ2n) is 9.44. The maximum absolute atomic E-state index is 13.4. The smallest absolute Gasteiger partial charge is 0.295 e. The number of benzene rings is 2. The number of rotatable bonds is 9. The summed E-state index contributed by atoms with van der Waals surface area (Å²) in [4.78, 5) is 32.3. The molecule has 0 bridgehead atoms. The lowest BCUT2D eigenvalue weighted by atomic mass is 9.94.